The van der Waals surface area contributed by atoms with Crippen molar-refractivity contribution in [2.75, 3.05) is 12.3 Å². The zero-order chi connectivity index (χ0) is 21.9. The standard InChI is InChI=1S/C22H23NO4S.C2H6/c1-16(27-22(26)18-10-6-3-7-11-18)13-23-20(24)12-19(21(23)25)15-28-14-17-8-4-2-5-9-17;1-2/h2-11,16,19H,12-15H2,1H3;1-2H3. The quantitative estimate of drug-likeness (QED) is 0.456. The van der Waals surface area contributed by atoms with Crippen molar-refractivity contribution in [1.82, 2.24) is 4.90 Å². The maximum atomic E-state index is 12.6. The molecule has 1 heterocycles. The van der Waals surface area contributed by atoms with Crippen molar-refractivity contribution in [2.24, 2.45) is 5.92 Å². The highest BCUT2D eigenvalue weighted by atomic mass is 32.2. The summed E-state index contributed by atoms with van der Waals surface area (Å²) in [6, 6.07) is 18.7. The molecular weight excluding hydrogens is 398 g/mol. The summed E-state index contributed by atoms with van der Waals surface area (Å²) >= 11 is 1.65. The van der Waals surface area contributed by atoms with Gasteiger partial charge in [0.25, 0.3) is 0 Å². The first-order valence-electron chi connectivity index (χ1n) is 10.3. The van der Waals surface area contributed by atoms with Crippen LogP contribution in [0.1, 0.15) is 43.1 Å². The van der Waals surface area contributed by atoms with Gasteiger partial charge in [-0.3, -0.25) is 14.5 Å². The van der Waals surface area contributed by atoms with Crippen LogP contribution in [-0.4, -0.2) is 41.1 Å². The number of nitrogens with zero attached hydrogens (tertiary/aromatic N) is 1. The van der Waals surface area contributed by atoms with Crippen LogP contribution in [0.5, 0.6) is 0 Å². The van der Waals surface area contributed by atoms with Crippen LogP contribution in [0.4, 0.5) is 0 Å². The molecule has 1 aliphatic heterocycles. The first-order chi connectivity index (χ1) is 14.5. The molecule has 0 aromatic heterocycles. The van der Waals surface area contributed by atoms with Gasteiger partial charge in [-0.1, -0.05) is 62.4 Å². The number of hydrogen-bond donors (Lipinski definition) is 0. The lowest BCUT2D eigenvalue weighted by Crippen LogP contribution is -2.38. The third kappa shape index (κ3) is 6.73. The predicted octanol–water partition coefficient (Wildman–Crippen LogP) is 4.57. The maximum absolute atomic E-state index is 12.6. The smallest absolute Gasteiger partial charge is 0.338 e. The molecule has 1 fully saturated rings. The Kier molecular flexibility index (Phi) is 9.61. The van der Waals surface area contributed by atoms with Crippen LogP contribution in [0, 0.1) is 5.92 Å². The summed E-state index contributed by atoms with van der Waals surface area (Å²) in [5.74, 6) is 0.282. The first kappa shape index (κ1) is 23.7. The van der Waals surface area contributed by atoms with E-state index in [0.29, 0.717) is 11.3 Å². The minimum Gasteiger partial charge on any atom is -0.457 e. The number of likely N-dealkylation sites (tertiary alicyclic amines) is 1. The highest BCUT2D eigenvalue weighted by molar-refractivity contribution is 7.98. The van der Waals surface area contributed by atoms with E-state index in [-0.39, 0.29) is 30.7 Å². The molecule has 2 aromatic carbocycles. The number of amides is 2. The second-order valence-corrected chi connectivity index (χ2v) is 7.86. The van der Waals surface area contributed by atoms with E-state index in [1.807, 2.05) is 50.2 Å². The van der Waals surface area contributed by atoms with Gasteiger partial charge in [-0.2, -0.15) is 11.8 Å². The Hall–Kier alpha value is -2.60. The van der Waals surface area contributed by atoms with Crippen LogP contribution in [0.25, 0.3) is 0 Å². The number of rotatable bonds is 8. The number of hydrogen-bond acceptors (Lipinski definition) is 5. The van der Waals surface area contributed by atoms with Crippen LogP contribution < -0.4 is 0 Å². The minimum atomic E-state index is -0.559. The molecule has 2 unspecified atom stereocenters. The highest BCUT2D eigenvalue weighted by Crippen LogP contribution is 2.25. The number of ether oxygens (including phenoxy) is 1. The zero-order valence-electron chi connectivity index (χ0n) is 17.7. The number of imide groups is 1. The van der Waals surface area contributed by atoms with E-state index in [1.54, 1.807) is 43.0 Å². The van der Waals surface area contributed by atoms with Crippen LogP contribution in [0.15, 0.2) is 60.7 Å². The van der Waals surface area contributed by atoms with Crippen molar-refractivity contribution >= 4 is 29.5 Å². The fourth-order valence-corrected chi connectivity index (χ4v) is 4.18. The van der Waals surface area contributed by atoms with E-state index in [0.717, 1.165) is 5.75 Å². The lowest BCUT2D eigenvalue weighted by Gasteiger charge is -2.20. The molecule has 6 heteroatoms. The van der Waals surface area contributed by atoms with E-state index >= 15 is 0 Å². The van der Waals surface area contributed by atoms with Gasteiger partial charge in [0.15, 0.2) is 0 Å². The van der Waals surface area contributed by atoms with Crippen molar-refractivity contribution in [1.29, 1.82) is 0 Å². The van der Waals surface area contributed by atoms with Crippen LogP contribution >= 0.6 is 11.8 Å². The fourth-order valence-electron chi connectivity index (χ4n) is 3.09. The van der Waals surface area contributed by atoms with Gasteiger partial charge in [-0.15, -0.1) is 0 Å². The number of thioether (sulfide) groups is 1. The predicted molar refractivity (Wildman–Crippen MR) is 120 cm³/mol. The topological polar surface area (TPSA) is 63.7 Å². The van der Waals surface area contributed by atoms with Gasteiger partial charge < -0.3 is 4.74 Å². The van der Waals surface area contributed by atoms with Gasteiger partial charge >= 0.3 is 5.97 Å². The maximum Gasteiger partial charge on any atom is 0.338 e. The average Bonchev–Trinajstić information content (AvgIpc) is 3.04. The zero-order valence-corrected chi connectivity index (χ0v) is 18.6. The summed E-state index contributed by atoms with van der Waals surface area (Å²) in [4.78, 5) is 38.2. The summed E-state index contributed by atoms with van der Waals surface area (Å²) in [5, 5.41) is 0. The molecule has 1 aliphatic rings. The molecule has 0 spiro atoms. The molecule has 0 radical (unpaired) electrons. The molecule has 2 amide bonds. The average molecular weight is 428 g/mol. The summed E-state index contributed by atoms with van der Waals surface area (Å²) in [6.07, 6.45) is -0.337. The van der Waals surface area contributed by atoms with E-state index in [1.165, 1.54) is 10.5 Å². The lowest BCUT2D eigenvalue weighted by molar-refractivity contribution is -0.140. The van der Waals surface area contributed by atoms with Gasteiger partial charge in [-0.25, -0.2) is 4.79 Å². The van der Waals surface area contributed by atoms with Crippen molar-refractivity contribution in [3.05, 3.63) is 71.8 Å². The third-order valence-electron chi connectivity index (χ3n) is 4.53. The van der Waals surface area contributed by atoms with Gasteiger partial charge in [-0.05, 0) is 24.6 Å². The van der Waals surface area contributed by atoms with Crippen LogP contribution in [0.3, 0.4) is 0 Å². The molecule has 0 bridgehead atoms. The van der Waals surface area contributed by atoms with Crippen molar-refractivity contribution in [2.45, 2.75) is 39.0 Å². The Bertz CT molecular complexity index is 826. The van der Waals surface area contributed by atoms with E-state index < -0.39 is 12.1 Å². The normalized spacial score (nSPS) is 16.6. The summed E-state index contributed by atoms with van der Waals surface area (Å²) in [5.41, 5.74) is 1.64. The number of esters is 1. The van der Waals surface area contributed by atoms with E-state index in [9.17, 15) is 14.4 Å². The third-order valence-corrected chi connectivity index (χ3v) is 5.70. The molecule has 0 N–H and O–H groups in total. The Labute approximate surface area is 182 Å². The molecule has 30 heavy (non-hydrogen) atoms. The second kappa shape index (κ2) is 12.2. The van der Waals surface area contributed by atoms with E-state index in [4.69, 9.17) is 4.74 Å². The van der Waals surface area contributed by atoms with Crippen molar-refractivity contribution in [3.8, 4) is 0 Å². The molecule has 160 valence electrons. The molecular formula is C24H29NO4S. The summed E-state index contributed by atoms with van der Waals surface area (Å²) in [7, 11) is 0. The Balaban J connectivity index is 0.00000155. The fraction of sp³-hybridized carbons (Fsp3) is 0.375. The lowest BCUT2D eigenvalue weighted by atomic mass is 10.1. The van der Waals surface area contributed by atoms with Gasteiger partial charge in [0.1, 0.15) is 6.10 Å². The first-order valence-corrected chi connectivity index (χ1v) is 11.4. The van der Waals surface area contributed by atoms with Crippen molar-refractivity contribution < 1.29 is 19.1 Å². The molecule has 3 rings (SSSR count). The summed E-state index contributed by atoms with van der Waals surface area (Å²) < 4.78 is 5.38. The molecule has 2 aromatic rings. The highest BCUT2D eigenvalue weighted by Gasteiger charge is 2.39. The number of benzene rings is 2. The SMILES string of the molecule is CC.CC(CN1C(=O)CC(CSCc2ccccc2)C1=O)OC(=O)c1ccccc1. The molecule has 0 saturated carbocycles. The number of carbonyl (C=O) groups is 3. The monoisotopic (exact) mass is 427 g/mol. The second-order valence-electron chi connectivity index (χ2n) is 6.83. The molecule has 0 aliphatic carbocycles. The minimum absolute atomic E-state index is 0.0933. The van der Waals surface area contributed by atoms with E-state index in [2.05, 4.69) is 0 Å². The molecule has 2 atom stereocenters. The van der Waals surface area contributed by atoms with Gasteiger partial charge in [0.2, 0.25) is 11.8 Å². The molecule has 1 saturated heterocycles. The largest absolute Gasteiger partial charge is 0.457 e. The Morgan fingerprint density at radius 3 is 2.30 bits per heavy atom. The Morgan fingerprint density at radius 1 is 1.07 bits per heavy atom. The van der Waals surface area contributed by atoms with Gasteiger partial charge in [0, 0.05) is 17.9 Å². The van der Waals surface area contributed by atoms with Crippen LogP contribution in [0.2, 0.25) is 0 Å². The molecule has 5 nitrogen and oxygen atoms in total. The van der Waals surface area contributed by atoms with Crippen molar-refractivity contribution in [3.63, 3.8) is 0 Å². The summed E-state index contributed by atoms with van der Waals surface area (Å²) in [6.45, 7) is 5.79. The Morgan fingerprint density at radius 2 is 1.67 bits per heavy atom. The van der Waals surface area contributed by atoms with Gasteiger partial charge in [0.05, 0.1) is 18.0 Å². The van der Waals surface area contributed by atoms with Crippen LogP contribution in [-0.2, 0) is 20.1 Å². The number of carbonyl (C=O) groups excluding carboxylic acids is 3.